The van der Waals surface area contributed by atoms with Crippen LogP contribution in [-0.4, -0.2) is 16.8 Å². The lowest BCUT2D eigenvalue weighted by Gasteiger charge is -2.17. The van der Waals surface area contributed by atoms with E-state index in [9.17, 15) is 10.2 Å². The summed E-state index contributed by atoms with van der Waals surface area (Å²) < 4.78 is 0. The van der Waals surface area contributed by atoms with Crippen molar-refractivity contribution in [1.82, 2.24) is 5.32 Å². The number of phenolic OH excluding ortho intramolecular Hbond substituents is 2. The third kappa shape index (κ3) is 3.05. The summed E-state index contributed by atoms with van der Waals surface area (Å²) >= 11 is 0. The topological polar surface area (TPSA) is 52.5 Å². The molecule has 0 spiro atoms. The van der Waals surface area contributed by atoms with E-state index >= 15 is 0 Å². The van der Waals surface area contributed by atoms with Crippen molar-refractivity contribution >= 4 is 0 Å². The summed E-state index contributed by atoms with van der Waals surface area (Å²) in [5, 5.41) is 22.9. The fourth-order valence-corrected chi connectivity index (χ4v) is 2.50. The van der Waals surface area contributed by atoms with E-state index in [1.807, 2.05) is 6.92 Å². The molecule has 98 valence electrons. The van der Waals surface area contributed by atoms with Crippen LogP contribution in [0.1, 0.15) is 44.2 Å². The molecular weight excluding hydrogens is 226 g/mol. The standard InChI is InChI=1S/C15H21NO2/c1-11(15-13(17)7-4-8-14(15)18)16-10-9-12-5-2-3-6-12/h4-5,7-8,11,16-18H,2-3,6,9-10H2,1H3. The van der Waals surface area contributed by atoms with E-state index in [0.29, 0.717) is 5.56 Å². The van der Waals surface area contributed by atoms with Crippen LogP contribution < -0.4 is 5.32 Å². The number of phenols is 2. The maximum atomic E-state index is 9.76. The number of benzene rings is 1. The quantitative estimate of drug-likeness (QED) is 0.700. The van der Waals surface area contributed by atoms with Gasteiger partial charge in [-0.2, -0.15) is 0 Å². The van der Waals surface area contributed by atoms with E-state index in [1.54, 1.807) is 18.2 Å². The molecule has 1 unspecified atom stereocenters. The van der Waals surface area contributed by atoms with Crippen LogP contribution in [-0.2, 0) is 0 Å². The Kier molecular flexibility index (Phi) is 4.26. The molecular formula is C15H21NO2. The number of hydrogen-bond donors (Lipinski definition) is 3. The molecule has 0 fully saturated rings. The van der Waals surface area contributed by atoms with Crippen LogP contribution in [0.4, 0.5) is 0 Å². The van der Waals surface area contributed by atoms with Gasteiger partial charge in [0.05, 0.1) is 5.56 Å². The monoisotopic (exact) mass is 247 g/mol. The Bertz CT molecular complexity index is 420. The van der Waals surface area contributed by atoms with Crippen LogP contribution >= 0.6 is 0 Å². The zero-order chi connectivity index (χ0) is 13.0. The van der Waals surface area contributed by atoms with Crippen LogP contribution in [0, 0.1) is 0 Å². The first kappa shape index (κ1) is 13.0. The lowest BCUT2D eigenvalue weighted by Crippen LogP contribution is -2.20. The van der Waals surface area contributed by atoms with Crippen molar-refractivity contribution in [3.8, 4) is 11.5 Å². The minimum Gasteiger partial charge on any atom is -0.507 e. The normalized spacial score (nSPS) is 16.6. The molecule has 1 atom stereocenters. The van der Waals surface area contributed by atoms with E-state index < -0.39 is 0 Å². The number of aromatic hydroxyl groups is 2. The molecule has 18 heavy (non-hydrogen) atoms. The fraction of sp³-hybridized carbons (Fsp3) is 0.467. The molecule has 0 radical (unpaired) electrons. The van der Waals surface area contributed by atoms with Crippen molar-refractivity contribution in [2.75, 3.05) is 6.54 Å². The molecule has 0 bridgehead atoms. The Labute approximate surface area is 108 Å². The summed E-state index contributed by atoms with van der Waals surface area (Å²) in [7, 11) is 0. The first-order valence-electron chi connectivity index (χ1n) is 6.60. The van der Waals surface area contributed by atoms with Gasteiger partial charge in [-0.1, -0.05) is 17.7 Å². The molecule has 0 aliphatic heterocycles. The van der Waals surface area contributed by atoms with Gasteiger partial charge in [0.1, 0.15) is 11.5 Å². The zero-order valence-corrected chi connectivity index (χ0v) is 10.8. The second kappa shape index (κ2) is 5.91. The second-order valence-corrected chi connectivity index (χ2v) is 4.89. The summed E-state index contributed by atoms with van der Waals surface area (Å²) in [5.74, 6) is 0.296. The van der Waals surface area contributed by atoms with Crippen LogP contribution in [0.25, 0.3) is 0 Å². The maximum Gasteiger partial charge on any atom is 0.124 e. The number of nitrogens with one attached hydrogen (secondary N) is 1. The molecule has 0 amide bonds. The molecule has 3 N–H and O–H groups in total. The van der Waals surface area contributed by atoms with Gasteiger partial charge in [0.2, 0.25) is 0 Å². The van der Waals surface area contributed by atoms with E-state index in [-0.39, 0.29) is 17.5 Å². The van der Waals surface area contributed by atoms with Gasteiger partial charge < -0.3 is 15.5 Å². The highest BCUT2D eigenvalue weighted by molar-refractivity contribution is 5.44. The lowest BCUT2D eigenvalue weighted by atomic mass is 10.1. The molecule has 0 saturated carbocycles. The largest absolute Gasteiger partial charge is 0.507 e. The lowest BCUT2D eigenvalue weighted by molar-refractivity contribution is 0.419. The summed E-state index contributed by atoms with van der Waals surface area (Å²) in [6, 6.07) is 4.80. The van der Waals surface area contributed by atoms with E-state index in [0.717, 1.165) is 13.0 Å². The zero-order valence-electron chi connectivity index (χ0n) is 10.8. The van der Waals surface area contributed by atoms with Crippen molar-refractivity contribution in [3.05, 3.63) is 35.4 Å². The van der Waals surface area contributed by atoms with Crippen molar-refractivity contribution in [2.45, 2.75) is 38.6 Å². The molecule has 0 aromatic heterocycles. The SMILES string of the molecule is CC(NCCC1=CCCC1)c1c(O)cccc1O. The molecule has 3 nitrogen and oxygen atoms in total. The van der Waals surface area contributed by atoms with Gasteiger partial charge in [0.25, 0.3) is 0 Å². The highest BCUT2D eigenvalue weighted by Crippen LogP contribution is 2.32. The number of allylic oxidation sites excluding steroid dienone is 1. The third-order valence-electron chi connectivity index (χ3n) is 3.52. The van der Waals surface area contributed by atoms with Gasteiger partial charge in [0, 0.05) is 6.04 Å². The Morgan fingerprint density at radius 1 is 1.28 bits per heavy atom. The molecule has 1 aliphatic carbocycles. The van der Waals surface area contributed by atoms with Crippen molar-refractivity contribution in [2.24, 2.45) is 0 Å². The van der Waals surface area contributed by atoms with Gasteiger partial charge in [-0.15, -0.1) is 0 Å². The minimum absolute atomic E-state index is 0.0480. The summed E-state index contributed by atoms with van der Waals surface area (Å²) in [5.41, 5.74) is 2.11. The predicted octanol–water partition coefficient (Wildman–Crippen LogP) is 3.25. The first-order chi connectivity index (χ1) is 8.68. The second-order valence-electron chi connectivity index (χ2n) is 4.89. The third-order valence-corrected chi connectivity index (χ3v) is 3.52. The highest BCUT2D eigenvalue weighted by Gasteiger charge is 2.14. The predicted molar refractivity (Wildman–Crippen MR) is 72.7 cm³/mol. The van der Waals surface area contributed by atoms with Gasteiger partial charge in [0.15, 0.2) is 0 Å². The van der Waals surface area contributed by atoms with Crippen LogP contribution in [0.2, 0.25) is 0 Å². The Hall–Kier alpha value is -1.48. The molecule has 1 aliphatic rings. The minimum atomic E-state index is -0.0480. The number of rotatable bonds is 5. The van der Waals surface area contributed by atoms with Crippen molar-refractivity contribution < 1.29 is 10.2 Å². The Morgan fingerprint density at radius 3 is 2.61 bits per heavy atom. The average molecular weight is 247 g/mol. The summed E-state index contributed by atoms with van der Waals surface area (Å²) in [4.78, 5) is 0. The average Bonchev–Trinajstić information content (AvgIpc) is 2.82. The van der Waals surface area contributed by atoms with Crippen LogP contribution in [0.3, 0.4) is 0 Å². The summed E-state index contributed by atoms with van der Waals surface area (Å²) in [6.45, 7) is 2.83. The van der Waals surface area contributed by atoms with E-state index in [2.05, 4.69) is 11.4 Å². The van der Waals surface area contributed by atoms with Gasteiger partial charge in [-0.05, 0) is 51.3 Å². The molecule has 2 rings (SSSR count). The van der Waals surface area contributed by atoms with Crippen molar-refractivity contribution in [1.29, 1.82) is 0 Å². The highest BCUT2D eigenvalue weighted by atomic mass is 16.3. The van der Waals surface area contributed by atoms with Crippen LogP contribution in [0.15, 0.2) is 29.8 Å². The molecule has 0 saturated heterocycles. The smallest absolute Gasteiger partial charge is 0.124 e. The first-order valence-corrected chi connectivity index (χ1v) is 6.60. The van der Waals surface area contributed by atoms with Crippen molar-refractivity contribution in [3.63, 3.8) is 0 Å². The molecule has 3 heteroatoms. The molecule has 0 heterocycles. The van der Waals surface area contributed by atoms with Crippen LogP contribution in [0.5, 0.6) is 11.5 Å². The van der Waals surface area contributed by atoms with Gasteiger partial charge in [-0.3, -0.25) is 0 Å². The fourth-order valence-electron chi connectivity index (χ4n) is 2.50. The molecule has 1 aromatic carbocycles. The number of hydrogen-bond acceptors (Lipinski definition) is 3. The maximum absolute atomic E-state index is 9.76. The Balaban J connectivity index is 1.89. The molecule has 1 aromatic rings. The van der Waals surface area contributed by atoms with E-state index in [1.165, 1.54) is 24.8 Å². The van der Waals surface area contributed by atoms with E-state index in [4.69, 9.17) is 0 Å². The Morgan fingerprint density at radius 2 is 2.00 bits per heavy atom. The van der Waals surface area contributed by atoms with Gasteiger partial charge in [-0.25, -0.2) is 0 Å². The van der Waals surface area contributed by atoms with Gasteiger partial charge >= 0.3 is 0 Å². The summed E-state index contributed by atoms with van der Waals surface area (Å²) in [6.07, 6.45) is 7.09.